The first kappa shape index (κ1) is 13.1. The van der Waals surface area contributed by atoms with Crippen LogP contribution in [0, 0.1) is 0 Å². The Morgan fingerprint density at radius 3 is 2.28 bits per heavy atom. The van der Waals surface area contributed by atoms with E-state index in [4.69, 9.17) is 5.73 Å². The topological polar surface area (TPSA) is 26.0 Å². The molecule has 0 unspecified atom stereocenters. The van der Waals surface area contributed by atoms with Crippen LogP contribution in [-0.2, 0) is 19.1 Å². The van der Waals surface area contributed by atoms with Crippen molar-refractivity contribution in [2.75, 3.05) is 0 Å². The second-order valence-electron chi connectivity index (χ2n) is 3.94. The summed E-state index contributed by atoms with van der Waals surface area (Å²) < 4.78 is 37.2. The van der Waals surface area contributed by atoms with Crippen molar-refractivity contribution < 1.29 is 13.2 Å². The summed E-state index contributed by atoms with van der Waals surface area (Å²) in [5.74, 6) is 0. The van der Waals surface area contributed by atoms with Gasteiger partial charge in [-0.3, -0.25) is 0 Å². The minimum absolute atomic E-state index is 0.466. The standard InChI is InChI=1S/C13H12F3NS/c14-13(15,16)11-3-1-9(2-4-11)7-10-5-6-18-12(10)8-17/h1-6H,7-8,17H2. The lowest BCUT2D eigenvalue weighted by atomic mass is 10.0. The van der Waals surface area contributed by atoms with E-state index in [0.29, 0.717) is 13.0 Å². The Balaban J connectivity index is 2.16. The molecular weight excluding hydrogens is 259 g/mol. The van der Waals surface area contributed by atoms with E-state index in [2.05, 4.69) is 0 Å². The molecule has 0 amide bonds. The van der Waals surface area contributed by atoms with Crippen LogP contribution in [0.15, 0.2) is 35.7 Å². The van der Waals surface area contributed by atoms with E-state index >= 15 is 0 Å². The molecular formula is C13H12F3NS. The van der Waals surface area contributed by atoms with Gasteiger partial charge in [0.15, 0.2) is 0 Å². The van der Waals surface area contributed by atoms with Crippen LogP contribution < -0.4 is 5.73 Å². The lowest BCUT2D eigenvalue weighted by molar-refractivity contribution is -0.137. The first-order valence-electron chi connectivity index (χ1n) is 5.42. The third-order valence-electron chi connectivity index (χ3n) is 2.70. The molecule has 1 nitrogen and oxygen atoms in total. The normalized spacial score (nSPS) is 11.8. The predicted molar refractivity (Wildman–Crippen MR) is 66.5 cm³/mol. The molecule has 0 aliphatic carbocycles. The molecule has 0 bridgehead atoms. The summed E-state index contributed by atoms with van der Waals surface area (Å²) in [4.78, 5) is 1.08. The van der Waals surface area contributed by atoms with E-state index < -0.39 is 11.7 Å². The molecule has 0 fully saturated rings. The SMILES string of the molecule is NCc1sccc1Cc1ccc(C(F)(F)F)cc1. The van der Waals surface area contributed by atoms with E-state index in [9.17, 15) is 13.2 Å². The highest BCUT2D eigenvalue weighted by Gasteiger charge is 2.29. The van der Waals surface area contributed by atoms with Gasteiger partial charge in [0.1, 0.15) is 0 Å². The van der Waals surface area contributed by atoms with Crippen LogP contribution in [0.2, 0.25) is 0 Å². The molecule has 0 radical (unpaired) electrons. The van der Waals surface area contributed by atoms with Crippen molar-refractivity contribution in [2.24, 2.45) is 5.73 Å². The number of thiophene rings is 1. The molecule has 18 heavy (non-hydrogen) atoms. The zero-order valence-corrected chi connectivity index (χ0v) is 10.3. The number of hydrogen-bond acceptors (Lipinski definition) is 2. The molecule has 0 saturated carbocycles. The predicted octanol–water partition coefficient (Wildman–Crippen LogP) is 3.82. The van der Waals surface area contributed by atoms with Crippen LogP contribution in [0.25, 0.3) is 0 Å². The van der Waals surface area contributed by atoms with Crippen LogP contribution in [0.3, 0.4) is 0 Å². The van der Waals surface area contributed by atoms with Crippen LogP contribution in [0.1, 0.15) is 21.6 Å². The molecule has 1 aromatic heterocycles. The number of hydrogen-bond donors (Lipinski definition) is 1. The second kappa shape index (κ2) is 5.12. The molecule has 0 saturated heterocycles. The van der Waals surface area contributed by atoms with Crippen molar-refractivity contribution in [1.82, 2.24) is 0 Å². The van der Waals surface area contributed by atoms with E-state index in [-0.39, 0.29) is 0 Å². The second-order valence-corrected chi connectivity index (χ2v) is 4.95. The quantitative estimate of drug-likeness (QED) is 0.902. The third kappa shape index (κ3) is 2.91. The van der Waals surface area contributed by atoms with Crippen molar-refractivity contribution in [3.05, 3.63) is 57.3 Å². The van der Waals surface area contributed by atoms with Crippen molar-refractivity contribution in [1.29, 1.82) is 0 Å². The monoisotopic (exact) mass is 271 g/mol. The maximum absolute atomic E-state index is 12.4. The lowest BCUT2D eigenvalue weighted by Gasteiger charge is -2.07. The van der Waals surface area contributed by atoms with Crippen LogP contribution in [0.5, 0.6) is 0 Å². The average molecular weight is 271 g/mol. The van der Waals surface area contributed by atoms with Gasteiger partial charge in [-0.2, -0.15) is 13.2 Å². The van der Waals surface area contributed by atoms with Crippen LogP contribution in [0.4, 0.5) is 13.2 Å². The maximum Gasteiger partial charge on any atom is 0.416 e. The van der Waals surface area contributed by atoms with Crippen LogP contribution >= 0.6 is 11.3 Å². The largest absolute Gasteiger partial charge is 0.416 e. The number of nitrogens with two attached hydrogens (primary N) is 1. The molecule has 0 spiro atoms. The summed E-state index contributed by atoms with van der Waals surface area (Å²) in [5.41, 5.74) is 6.92. The highest BCUT2D eigenvalue weighted by molar-refractivity contribution is 7.10. The minimum Gasteiger partial charge on any atom is -0.326 e. The highest BCUT2D eigenvalue weighted by atomic mass is 32.1. The van der Waals surface area contributed by atoms with Gasteiger partial charge in [0.05, 0.1) is 5.56 Å². The number of alkyl halides is 3. The number of rotatable bonds is 3. The Morgan fingerprint density at radius 2 is 1.72 bits per heavy atom. The van der Waals surface area contributed by atoms with Gasteiger partial charge in [0, 0.05) is 11.4 Å². The van der Waals surface area contributed by atoms with Crippen molar-refractivity contribution >= 4 is 11.3 Å². The summed E-state index contributed by atoms with van der Waals surface area (Å²) >= 11 is 1.57. The zero-order valence-electron chi connectivity index (χ0n) is 9.50. The van der Waals surface area contributed by atoms with E-state index in [1.54, 1.807) is 11.3 Å². The molecule has 2 aromatic rings. The Bertz CT molecular complexity index is 514. The van der Waals surface area contributed by atoms with Gasteiger partial charge < -0.3 is 5.73 Å². The fourth-order valence-electron chi connectivity index (χ4n) is 1.74. The summed E-state index contributed by atoms with van der Waals surface area (Å²) in [5, 5.41) is 1.95. The van der Waals surface area contributed by atoms with Gasteiger partial charge in [-0.1, -0.05) is 12.1 Å². The Morgan fingerprint density at radius 1 is 1.06 bits per heavy atom. The fraction of sp³-hybridized carbons (Fsp3) is 0.231. The minimum atomic E-state index is -4.27. The molecule has 0 atom stereocenters. The van der Waals surface area contributed by atoms with Gasteiger partial charge in [0.25, 0.3) is 0 Å². The highest BCUT2D eigenvalue weighted by Crippen LogP contribution is 2.29. The maximum atomic E-state index is 12.4. The van der Waals surface area contributed by atoms with Gasteiger partial charge in [0.2, 0.25) is 0 Å². The molecule has 0 aliphatic heterocycles. The van der Waals surface area contributed by atoms with Gasteiger partial charge in [-0.05, 0) is 41.1 Å². The molecule has 0 aliphatic rings. The third-order valence-corrected chi connectivity index (χ3v) is 3.68. The fourth-order valence-corrected chi connectivity index (χ4v) is 2.52. The van der Waals surface area contributed by atoms with E-state index in [1.165, 1.54) is 12.1 Å². The summed E-state index contributed by atoms with van der Waals surface area (Å²) in [6.07, 6.45) is -3.66. The van der Waals surface area contributed by atoms with Gasteiger partial charge in [-0.15, -0.1) is 11.3 Å². The van der Waals surface area contributed by atoms with Crippen molar-refractivity contribution in [3.8, 4) is 0 Å². The van der Waals surface area contributed by atoms with Crippen molar-refractivity contribution in [2.45, 2.75) is 19.1 Å². The molecule has 1 heterocycles. The van der Waals surface area contributed by atoms with Gasteiger partial charge >= 0.3 is 6.18 Å². The summed E-state index contributed by atoms with van der Waals surface area (Å²) in [6, 6.07) is 7.22. The van der Waals surface area contributed by atoms with Crippen LogP contribution in [-0.4, -0.2) is 0 Å². The Kier molecular flexibility index (Phi) is 3.73. The number of halogens is 3. The molecule has 2 N–H and O–H groups in total. The van der Waals surface area contributed by atoms with E-state index in [1.807, 2.05) is 11.4 Å². The first-order valence-corrected chi connectivity index (χ1v) is 6.30. The van der Waals surface area contributed by atoms with Crippen molar-refractivity contribution in [3.63, 3.8) is 0 Å². The Labute approximate surface area is 107 Å². The lowest BCUT2D eigenvalue weighted by Crippen LogP contribution is -2.04. The van der Waals surface area contributed by atoms with E-state index in [0.717, 1.165) is 28.1 Å². The zero-order chi connectivity index (χ0) is 13.2. The smallest absolute Gasteiger partial charge is 0.326 e. The molecule has 2 rings (SSSR count). The Hall–Kier alpha value is -1.33. The average Bonchev–Trinajstić information content (AvgIpc) is 2.76. The summed E-state index contributed by atoms with van der Waals surface area (Å²) in [7, 11) is 0. The molecule has 96 valence electrons. The first-order chi connectivity index (χ1) is 8.50. The number of benzene rings is 1. The molecule has 5 heteroatoms. The summed E-state index contributed by atoms with van der Waals surface area (Å²) in [6.45, 7) is 0.466. The van der Waals surface area contributed by atoms with Gasteiger partial charge in [-0.25, -0.2) is 0 Å². The molecule has 1 aromatic carbocycles.